The van der Waals surface area contributed by atoms with Gasteiger partial charge in [-0.25, -0.2) is 0 Å². The van der Waals surface area contributed by atoms with Gasteiger partial charge in [0, 0.05) is 31.1 Å². The summed E-state index contributed by atoms with van der Waals surface area (Å²) in [5, 5.41) is 8.70. The molecule has 2 rings (SSSR count). The Balaban J connectivity index is 0.00000264. The highest BCUT2D eigenvalue weighted by Gasteiger charge is 2.19. The van der Waals surface area contributed by atoms with Crippen LogP contribution in [-0.4, -0.2) is 43.6 Å². The number of nitrogens with one attached hydrogen (secondary N) is 2. The topological polar surface area (TPSA) is 39.7 Å². The van der Waals surface area contributed by atoms with Crippen LogP contribution in [0.4, 0.5) is 0 Å². The number of hydrogen-bond donors (Lipinski definition) is 2. The van der Waals surface area contributed by atoms with Crippen molar-refractivity contribution in [3.05, 3.63) is 35.0 Å². The minimum Gasteiger partial charge on any atom is -0.357 e. The molecule has 0 spiro atoms. The van der Waals surface area contributed by atoms with Crippen LogP contribution in [0, 0.1) is 5.92 Å². The van der Waals surface area contributed by atoms with Crippen LogP contribution in [0.3, 0.4) is 0 Å². The predicted octanol–water partition coefficient (Wildman–Crippen LogP) is 3.32. The second-order valence-electron chi connectivity index (χ2n) is 5.69. The maximum Gasteiger partial charge on any atom is 0.191 e. The molecule has 0 saturated carbocycles. The van der Waals surface area contributed by atoms with Crippen LogP contribution in [-0.2, 0) is 6.54 Å². The van der Waals surface area contributed by atoms with Crippen LogP contribution in [0.25, 0.3) is 0 Å². The Labute approximate surface area is 161 Å². The van der Waals surface area contributed by atoms with Gasteiger partial charge in [0.2, 0.25) is 0 Å². The van der Waals surface area contributed by atoms with E-state index in [2.05, 4.69) is 46.5 Å². The number of aliphatic imine (C=N–C) groups is 1. The van der Waals surface area contributed by atoms with E-state index in [9.17, 15) is 0 Å². The average molecular weight is 448 g/mol. The van der Waals surface area contributed by atoms with Gasteiger partial charge in [-0.15, -0.1) is 41.9 Å². The van der Waals surface area contributed by atoms with Gasteiger partial charge < -0.3 is 10.6 Å². The SMILES string of the molecule is C=CCNC(=NCC1CCN(Cc2cccs2)CC1)NCC.I. The van der Waals surface area contributed by atoms with Crippen molar-refractivity contribution < 1.29 is 0 Å². The molecular weight excluding hydrogens is 419 g/mol. The average Bonchev–Trinajstić information content (AvgIpc) is 3.04. The van der Waals surface area contributed by atoms with Crippen molar-refractivity contribution in [3.8, 4) is 0 Å². The monoisotopic (exact) mass is 448 g/mol. The van der Waals surface area contributed by atoms with Crippen LogP contribution in [0.2, 0.25) is 0 Å². The third-order valence-electron chi connectivity index (χ3n) is 3.93. The predicted molar refractivity (Wildman–Crippen MR) is 112 cm³/mol. The summed E-state index contributed by atoms with van der Waals surface area (Å²) in [6.07, 6.45) is 4.35. The summed E-state index contributed by atoms with van der Waals surface area (Å²) in [6.45, 7) is 11.9. The lowest BCUT2D eigenvalue weighted by molar-refractivity contribution is 0.182. The third kappa shape index (κ3) is 7.67. The minimum absolute atomic E-state index is 0. The molecule has 0 bridgehead atoms. The summed E-state index contributed by atoms with van der Waals surface area (Å²) >= 11 is 1.86. The molecule has 6 heteroatoms. The smallest absolute Gasteiger partial charge is 0.191 e. The summed E-state index contributed by atoms with van der Waals surface area (Å²) in [7, 11) is 0. The molecule has 0 amide bonds. The van der Waals surface area contributed by atoms with E-state index in [1.165, 1.54) is 30.8 Å². The number of halogens is 1. The van der Waals surface area contributed by atoms with Crippen molar-refractivity contribution in [3.63, 3.8) is 0 Å². The zero-order valence-corrected chi connectivity index (χ0v) is 17.1. The van der Waals surface area contributed by atoms with Gasteiger partial charge in [-0.05, 0) is 50.2 Å². The van der Waals surface area contributed by atoms with Gasteiger partial charge >= 0.3 is 0 Å². The quantitative estimate of drug-likeness (QED) is 0.291. The Morgan fingerprint density at radius 3 is 2.83 bits per heavy atom. The molecule has 1 aliphatic rings. The summed E-state index contributed by atoms with van der Waals surface area (Å²) in [4.78, 5) is 8.74. The molecule has 0 radical (unpaired) electrons. The normalized spacial score (nSPS) is 16.7. The van der Waals surface area contributed by atoms with E-state index in [1.807, 2.05) is 17.4 Å². The largest absolute Gasteiger partial charge is 0.357 e. The van der Waals surface area contributed by atoms with Gasteiger partial charge in [-0.1, -0.05) is 12.1 Å². The second kappa shape index (κ2) is 11.9. The number of rotatable bonds is 7. The number of thiophene rings is 1. The molecule has 130 valence electrons. The number of likely N-dealkylation sites (tertiary alicyclic amines) is 1. The minimum atomic E-state index is 0. The molecule has 4 nitrogen and oxygen atoms in total. The lowest BCUT2D eigenvalue weighted by Gasteiger charge is -2.31. The van der Waals surface area contributed by atoms with Crippen molar-refractivity contribution in [2.45, 2.75) is 26.3 Å². The van der Waals surface area contributed by atoms with Gasteiger partial charge in [-0.2, -0.15) is 0 Å². The second-order valence-corrected chi connectivity index (χ2v) is 6.72. The first kappa shape index (κ1) is 20.4. The van der Waals surface area contributed by atoms with E-state index in [1.54, 1.807) is 0 Å². The molecule has 1 aliphatic heterocycles. The first-order valence-corrected chi connectivity index (χ1v) is 9.07. The Morgan fingerprint density at radius 1 is 1.43 bits per heavy atom. The first-order chi connectivity index (χ1) is 10.8. The molecule has 0 unspecified atom stereocenters. The van der Waals surface area contributed by atoms with E-state index in [0.717, 1.165) is 32.1 Å². The molecule has 2 heterocycles. The highest BCUT2D eigenvalue weighted by atomic mass is 127. The Morgan fingerprint density at radius 2 is 2.22 bits per heavy atom. The maximum atomic E-state index is 4.71. The fourth-order valence-corrected chi connectivity index (χ4v) is 3.43. The van der Waals surface area contributed by atoms with Gasteiger partial charge in [0.1, 0.15) is 0 Å². The molecule has 1 fully saturated rings. The van der Waals surface area contributed by atoms with Crippen LogP contribution < -0.4 is 10.6 Å². The number of hydrogen-bond acceptors (Lipinski definition) is 3. The lowest BCUT2D eigenvalue weighted by Crippen LogP contribution is -2.38. The number of nitrogens with zero attached hydrogens (tertiary/aromatic N) is 2. The van der Waals surface area contributed by atoms with Gasteiger partial charge in [0.05, 0.1) is 0 Å². The molecule has 2 N–H and O–H groups in total. The number of piperidine rings is 1. The fraction of sp³-hybridized carbons (Fsp3) is 0.588. The number of guanidine groups is 1. The zero-order valence-electron chi connectivity index (χ0n) is 14.0. The van der Waals surface area contributed by atoms with Gasteiger partial charge in [0.25, 0.3) is 0 Å². The van der Waals surface area contributed by atoms with Crippen LogP contribution in [0.5, 0.6) is 0 Å². The first-order valence-electron chi connectivity index (χ1n) is 8.19. The van der Waals surface area contributed by atoms with Crippen LogP contribution in [0.1, 0.15) is 24.6 Å². The summed E-state index contributed by atoms with van der Waals surface area (Å²) in [6, 6.07) is 4.37. The molecule has 23 heavy (non-hydrogen) atoms. The van der Waals surface area contributed by atoms with Crippen molar-refractivity contribution in [2.24, 2.45) is 10.9 Å². The van der Waals surface area contributed by atoms with Crippen molar-refractivity contribution in [1.82, 2.24) is 15.5 Å². The van der Waals surface area contributed by atoms with E-state index in [-0.39, 0.29) is 24.0 Å². The zero-order chi connectivity index (χ0) is 15.6. The van der Waals surface area contributed by atoms with E-state index in [0.29, 0.717) is 5.92 Å². The van der Waals surface area contributed by atoms with E-state index >= 15 is 0 Å². The summed E-state index contributed by atoms with van der Waals surface area (Å²) in [5.41, 5.74) is 0. The fourth-order valence-electron chi connectivity index (χ4n) is 2.68. The Bertz CT molecular complexity index is 453. The Kier molecular flexibility index (Phi) is 10.5. The van der Waals surface area contributed by atoms with Crippen LogP contribution in [0.15, 0.2) is 35.2 Å². The Hall–Kier alpha value is -0.600. The van der Waals surface area contributed by atoms with Gasteiger partial charge in [-0.3, -0.25) is 9.89 Å². The van der Waals surface area contributed by atoms with E-state index < -0.39 is 0 Å². The van der Waals surface area contributed by atoms with Crippen molar-refractivity contribution >= 4 is 41.3 Å². The van der Waals surface area contributed by atoms with Crippen molar-refractivity contribution in [1.29, 1.82) is 0 Å². The van der Waals surface area contributed by atoms with Crippen LogP contribution >= 0.6 is 35.3 Å². The van der Waals surface area contributed by atoms with E-state index in [4.69, 9.17) is 4.99 Å². The molecule has 1 aromatic heterocycles. The molecule has 0 aliphatic carbocycles. The van der Waals surface area contributed by atoms with Crippen molar-refractivity contribution in [2.75, 3.05) is 32.7 Å². The molecule has 0 atom stereocenters. The molecule has 1 aromatic rings. The lowest BCUT2D eigenvalue weighted by atomic mass is 9.97. The highest BCUT2D eigenvalue weighted by molar-refractivity contribution is 14.0. The molecule has 0 aromatic carbocycles. The molecular formula is C17H29IN4S. The standard InChI is InChI=1S/C17H28N4S.HI/c1-3-9-19-17(18-4-2)20-13-15-7-10-21(11-8-15)14-16-6-5-12-22-16;/h3,5-6,12,15H,1,4,7-11,13-14H2,2H3,(H2,18,19,20);1H. The maximum absolute atomic E-state index is 4.71. The highest BCUT2D eigenvalue weighted by Crippen LogP contribution is 2.20. The van der Waals surface area contributed by atoms with Gasteiger partial charge in [0.15, 0.2) is 5.96 Å². The molecule has 1 saturated heterocycles. The third-order valence-corrected chi connectivity index (χ3v) is 4.79. The summed E-state index contributed by atoms with van der Waals surface area (Å²) in [5.74, 6) is 1.61. The summed E-state index contributed by atoms with van der Waals surface area (Å²) < 4.78 is 0.